The third-order valence-electron chi connectivity index (χ3n) is 3.93. The first-order chi connectivity index (χ1) is 13.1. The summed E-state index contributed by atoms with van der Waals surface area (Å²) in [7, 11) is 1.55. The summed E-state index contributed by atoms with van der Waals surface area (Å²) >= 11 is 0. The number of rotatable bonds is 5. The molecule has 0 saturated heterocycles. The van der Waals surface area contributed by atoms with Crippen molar-refractivity contribution in [3.05, 3.63) is 89.5 Å². The van der Waals surface area contributed by atoms with Crippen LogP contribution in [0.2, 0.25) is 0 Å². The Morgan fingerprint density at radius 2 is 1.19 bits per heavy atom. The number of ether oxygens (including phenoxy) is 3. The SMILES string of the molecule is COc1ccc(OC(=O)c2ccccc2C(=O)Oc2ccccc2C)cc1. The van der Waals surface area contributed by atoms with E-state index in [0.29, 0.717) is 17.2 Å². The van der Waals surface area contributed by atoms with Gasteiger partial charge < -0.3 is 14.2 Å². The quantitative estimate of drug-likeness (QED) is 0.496. The molecule has 0 fully saturated rings. The number of benzene rings is 3. The van der Waals surface area contributed by atoms with Crippen LogP contribution >= 0.6 is 0 Å². The van der Waals surface area contributed by atoms with Gasteiger partial charge in [0.25, 0.3) is 0 Å². The average molecular weight is 362 g/mol. The maximum absolute atomic E-state index is 12.6. The van der Waals surface area contributed by atoms with Gasteiger partial charge in [-0.15, -0.1) is 0 Å². The Morgan fingerprint density at radius 1 is 0.667 bits per heavy atom. The van der Waals surface area contributed by atoms with Crippen molar-refractivity contribution < 1.29 is 23.8 Å². The number of methoxy groups -OCH3 is 1. The number of para-hydroxylation sites is 1. The van der Waals surface area contributed by atoms with Crippen molar-refractivity contribution in [1.29, 1.82) is 0 Å². The van der Waals surface area contributed by atoms with E-state index >= 15 is 0 Å². The van der Waals surface area contributed by atoms with Gasteiger partial charge in [-0.2, -0.15) is 0 Å². The summed E-state index contributed by atoms with van der Waals surface area (Å²) in [5, 5.41) is 0. The number of carbonyl (C=O) groups is 2. The molecule has 136 valence electrons. The summed E-state index contributed by atoms with van der Waals surface area (Å²) in [5.41, 5.74) is 1.09. The fraction of sp³-hybridized carbons (Fsp3) is 0.0909. The normalized spacial score (nSPS) is 10.1. The monoisotopic (exact) mass is 362 g/mol. The fourth-order valence-electron chi connectivity index (χ4n) is 2.47. The molecular formula is C22H18O5. The van der Waals surface area contributed by atoms with Gasteiger partial charge in [0.2, 0.25) is 0 Å². The average Bonchev–Trinajstić information content (AvgIpc) is 2.70. The van der Waals surface area contributed by atoms with Crippen molar-refractivity contribution >= 4 is 11.9 Å². The largest absolute Gasteiger partial charge is 0.497 e. The lowest BCUT2D eigenvalue weighted by Crippen LogP contribution is -2.17. The second kappa shape index (κ2) is 8.19. The van der Waals surface area contributed by atoms with E-state index in [4.69, 9.17) is 14.2 Å². The molecule has 5 heteroatoms. The Hall–Kier alpha value is -3.60. The van der Waals surface area contributed by atoms with Crippen LogP contribution in [0.25, 0.3) is 0 Å². The molecule has 27 heavy (non-hydrogen) atoms. The molecule has 0 unspecified atom stereocenters. The third kappa shape index (κ3) is 4.33. The van der Waals surface area contributed by atoms with Gasteiger partial charge in [-0.25, -0.2) is 9.59 Å². The number of aryl methyl sites for hydroxylation is 1. The van der Waals surface area contributed by atoms with Crippen LogP contribution in [0, 0.1) is 6.92 Å². The molecule has 0 saturated carbocycles. The standard InChI is InChI=1S/C22H18O5/c1-15-7-3-6-10-20(15)27-22(24)19-9-5-4-8-18(19)21(23)26-17-13-11-16(25-2)12-14-17/h3-14H,1-2H3. The minimum absolute atomic E-state index is 0.131. The van der Waals surface area contributed by atoms with Gasteiger partial charge in [-0.05, 0) is 55.0 Å². The summed E-state index contributed by atoms with van der Waals surface area (Å²) in [5.74, 6) is 0.185. The zero-order valence-electron chi connectivity index (χ0n) is 15.0. The molecule has 0 spiro atoms. The van der Waals surface area contributed by atoms with E-state index in [1.807, 2.05) is 19.1 Å². The van der Waals surface area contributed by atoms with Crippen molar-refractivity contribution in [2.24, 2.45) is 0 Å². The first kappa shape index (κ1) is 18.2. The van der Waals surface area contributed by atoms with Crippen molar-refractivity contribution in [3.8, 4) is 17.2 Å². The predicted molar refractivity (Wildman–Crippen MR) is 101 cm³/mol. The van der Waals surface area contributed by atoms with Crippen LogP contribution < -0.4 is 14.2 Å². The van der Waals surface area contributed by atoms with Gasteiger partial charge in [0.05, 0.1) is 18.2 Å². The van der Waals surface area contributed by atoms with E-state index in [9.17, 15) is 9.59 Å². The second-order valence-corrected chi connectivity index (χ2v) is 5.77. The summed E-state index contributed by atoms with van der Waals surface area (Å²) < 4.78 is 15.9. The van der Waals surface area contributed by atoms with Crippen LogP contribution in [0.5, 0.6) is 17.2 Å². The highest BCUT2D eigenvalue weighted by Crippen LogP contribution is 2.21. The molecule has 0 radical (unpaired) electrons. The van der Waals surface area contributed by atoms with Crippen molar-refractivity contribution in [2.75, 3.05) is 7.11 Å². The van der Waals surface area contributed by atoms with Crippen molar-refractivity contribution in [2.45, 2.75) is 6.92 Å². The van der Waals surface area contributed by atoms with E-state index in [-0.39, 0.29) is 11.1 Å². The molecule has 3 aromatic rings. The Bertz CT molecular complexity index is 960. The third-order valence-corrected chi connectivity index (χ3v) is 3.93. The van der Waals surface area contributed by atoms with Crippen LogP contribution in [0.3, 0.4) is 0 Å². The summed E-state index contributed by atoms with van der Waals surface area (Å²) in [4.78, 5) is 25.1. The van der Waals surface area contributed by atoms with Crippen LogP contribution in [-0.4, -0.2) is 19.0 Å². The summed E-state index contributed by atoms with van der Waals surface area (Å²) in [6, 6.07) is 20.2. The highest BCUT2D eigenvalue weighted by atomic mass is 16.5. The molecule has 0 atom stereocenters. The highest BCUT2D eigenvalue weighted by Gasteiger charge is 2.20. The Kier molecular flexibility index (Phi) is 5.52. The molecule has 0 aromatic heterocycles. The van der Waals surface area contributed by atoms with Gasteiger partial charge in [-0.3, -0.25) is 0 Å². The van der Waals surface area contributed by atoms with E-state index in [2.05, 4.69) is 0 Å². The fourth-order valence-corrected chi connectivity index (χ4v) is 2.47. The van der Waals surface area contributed by atoms with Gasteiger partial charge in [0.1, 0.15) is 17.2 Å². The molecule has 0 aliphatic rings. The summed E-state index contributed by atoms with van der Waals surface area (Å²) in [6.45, 7) is 1.84. The molecule has 3 aromatic carbocycles. The van der Waals surface area contributed by atoms with Gasteiger partial charge in [-0.1, -0.05) is 30.3 Å². The van der Waals surface area contributed by atoms with E-state index < -0.39 is 11.9 Å². The molecule has 0 aliphatic carbocycles. The first-order valence-electron chi connectivity index (χ1n) is 8.31. The maximum atomic E-state index is 12.6. The highest BCUT2D eigenvalue weighted by molar-refractivity contribution is 6.04. The lowest BCUT2D eigenvalue weighted by Gasteiger charge is -2.11. The van der Waals surface area contributed by atoms with Gasteiger partial charge in [0.15, 0.2) is 0 Å². The molecule has 0 amide bonds. The molecule has 3 rings (SSSR count). The smallest absolute Gasteiger partial charge is 0.344 e. The number of hydrogen-bond acceptors (Lipinski definition) is 5. The molecule has 0 aliphatic heterocycles. The maximum Gasteiger partial charge on any atom is 0.344 e. The van der Waals surface area contributed by atoms with Crippen molar-refractivity contribution in [3.63, 3.8) is 0 Å². The molecular weight excluding hydrogens is 344 g/mol. The molecule has 0 bridgehead atoms. The predicted octanol–water partition coefficient (Wildman–Crippen LogP) is 4.44. The van der Waals surface area contributed by atoms with Crippen LogP contribution in [0.15, 0.2) is 72.8 Å². The topological polar surface area (TPSA) is 61.8 Å². The minimum atomic E-state index is -0.641. The zero-order valence-corrected chi connectivity index (χ0v) is 15.0. The Balaban J connectivity index is 1.81. The second-order valence-electron chi connectivity index (χ2n) is 5.77. The van der Waals surface area contributed by atoms with E-state index in [1.165, 1.54) is 12.1 Å². The lowest BCUT2D eigenvalue weighted by molar-refractivity contribution is 0.0691. The minimum Gasteiger partial charge on any atom is -0.497 e. The van der Waals surface area contributed by atoms with E-state index in [0.717, 1.165) is 5.56 Å². The number of carbonyl (C=O) groups excluding carboxylic acids is 2. The molecule has 5 nitrogen and oxygen atoms in total. The van der Waals surface area contributed by atoms with Gasteiger partial charge in [0, 0.05) is 0 Å². The van der Waals surface area contributed by atoms with Crippen LogP contribution in [0.4, 0.5) is 0 Å². The molecule has 0 heterocycles. The lowest BCUT2D eigenvalue weighted by atomic mass is 10.1. The number of hydrogen-bond donors (Lipinski definition) is 0. The zero-order chi connectivity index (χ0) is 19.2. The Morgan fingerprint density at radius 3 is 1.78 bits per heavy atom. The van der Waals surface area contributed by atoms with Crippen LogP contribution in [0.1, 0.15) is 26.3 Å². The summed E-state index contributed by atoms with van der Waals surface area (Å²) in [6.07, 6.45) is 0. The first-order valence-corrected chi connectivity index (χ1v) is 8.31. The van der Waals surface area contributed by atoms with Crippen molar-refractivity contribution in [1.82, 2.24) is 0 Å². The van der Waals surface area contributed by atoms with Crippen LogP contribution in [-0.2, 0) is 0 Å². The van der Waals surface area contributed by atoms with E-state index in [1.54, 1.807) is 55.6 Å². The number of esters is 2. The molecule has 0 N–H and O–H groups in total. The van der Waals surface area contributed by atoms with Gasteiger partial charge >= 0.3 is 11.9 Å². The Labute approximate surface area is 157 Å².